The van der Waals surface area contributed by atoms with Gasteiger partial charge in [-0.25, -0.2) is 0 Å². The molecule has 0 amide bonds. The van der Waals surface area contributed by atoms with E-state index in [0.717, 1.165) is 0 Å². The van der Waals surface area contributed by atoms with Gasteiger partial charge in [0.25, 0.3) is 0 Å². The lowest BCUT2D eigenvalue weighted by Crippen LogP contribution is -2.43. The Kier molecular flexibility index (Phi) is 3.70. The van der Waals surface area contributed by atoms with Gasteiger partial charge in [-0.15, -0.1) is 0 Å². The fourth-order valence-electron chi connectivity index (χ4n) is 0.895. The molecule has 0 spiro atoms. The van der Waals surface area contributed by atoms with Crippen LogP contribution in [0.15, 0.2) is 12.2 Å². The minimum Gasteiger partial charge on any atom is -0.387 e. The molecule has 0 aromatic rings. The number of allylic oxidation sites excluding steroid dienone is 2. The third-order valence-electron chi connectivity index (χ3n) is 1.71. The van der Waals surface area contributed by atoms with E-state index in [-0.39, 0.29) is 0 Å². The molecule has 0 heterocycles. The van der Waals surface area contributed by atoms with Crippen LogP contribution in [-0.2, 0) is 0 Å². The van der Waals surface area contributed by atoms with Gasteiger partial charge in [0.05, 0.1) is 0 Å². The van der Waals surface area contributed by atoms with E-state index in [4.69, 9.17) is 0 Å². The van der Waals surface area contributed by atoms with Gasteiger partial charge in [-0.3, -0.25) is 0 Å². The normalized spacial score (nSPS) is 38.6. The summed E-state index contributed by atoms with van der Waals surface area (Å²) in [7, 11) is 0. The number of aliphatic hydroxyl groups excluding tert-OH is 4. The van der Waals surface area contributed by atoms with Crippen molar-refractivity contribution in [3.05, 3.63) is 12.2 Å². The van der Waals surface area contributed by atoms with Crippen molar-refractivity contribution in [1.29, 1.82) is 0 Å². The lowest BCUT2D eigenvalue weighted by molar-refractivity contribution is -0.0752. The minimum atomic E-state index is -1.53. The van der Waals surface area contributed by atoms with Crippen LogP contribution in [0.25, 0.3) is 0 Å². The number of hydrogen-bond donors (Lipinski definition) is 4. The maximum Gasteiger partial charge on any atom is 0.143 e. The van der Waals surface area contributed by atoms with Crippen LogP contribution in [0.3, 0.4) is 0 Å². The fourth-order valence-corrected chi connectivity index (χ4v) is 0.895. The molecule has 1 aliphatic carbocycles. The van der Waals surface area contributed by atoms with Crippen LogP contribution in [0, 0.1) is 23.7 Å². The molecule has 14 heavy (non-hydrogen) atoms. The second-order valence-corrected chi connectivity index (χ2v) is 2.78. The molecule has 4 N–H and O–H groups in total. The fraction of sp³-hybridized carbons (Fsp3) is 0.400. The summed E-state index contributed by atoms with van der Waals surface area (Å²) in [6, 6.07) is 0. The zero-order valence-electron chi connectivity index (χ0n) is 7.25. The Balaban J connectivity index is 2.93. The van der Waals surface area contributed by atoms with E-state index in [1.54, 1.807) is 0 Å². The second-order valence-electron chi connectivity index (χ2n) is 2.78. The molecule has 4 heteroatoms. The van der Waals surface area contributed by atoms with Gasteiger partial charge in [0.15, 0.2) is 0 Å². The first-order valence-corrected chi connectivity index (χ1v) is 4.02. The summed E-state index contributed by atoms with van der Waals surface area (Å²) in [5.74, 6) is 9.44. The lowest BCUT2D eigenvalue weighted by atomic mass is 10.0. The minimum absolute atomic E-state index is 1.38. The van der Waals surface area contributed by atoms with E-state index in [1.807, 2.05) is 0 Å². The first-order valence-electron chi connectivity index (χ1n) is 4.02. The quantitative estimate of drug-likeness (QED) is 0.336. The summed E-state index contributed by atoms with van der Waals surface area (Å²) in [6.45, 7) is 0. The molecule has 0 aliphatic heterocycles. The molecule has 0 saturated heterocycles. The van der Waals surface area contributed by atoms with Crippen molar-refractivity contribution < 1.29 is 20.4 Å². The van der Waals surface area contributed by atoms with Crippen LogP contribution in [0.5, 0.6) is 0 Å². The molecule has 0 radical (unpaired) electrons. The third-order valence-corrected chi connectivity index (χ3v) is 1.71. The SMILES string of the molecule is OC1C#C/C=C/C#CC(O)C(O)C1O. The zero-order valence-corrected chi connectivity index (χ0v) is 7.25. The van der Waals surface area contributed by atoms with Gasteiger partial charge in [0.1, 0.15) is 24.4 Å². The van der Waals surface area contributed by atoms with E-state index < -0.39 is 24.4 Å². The Morgan fingerprint density at radius 3 is 1.43 bits per heavy atom. The predicted molar refractivity (Wildman–Crippen MR) is 48.7 cm³/mol. The topological polar surface area (TPSA) is 80.9 Å². The molecular formula is C10H10O4. The molecule has 4 unspecified atom stereocenters. The van der Waals surface area contributed by atoms with Crippen LogP contribution < -0.4 is 0 Å². The Morgan fingerprint density at radius 1 is 0.714 bits per heavy atom. The van der Waals surface area contributed by atoms with Crippen molar-refractivity contribution in [3.63, 3.8) is 0 Å². The molecule has 1 rings (SSSR count). The van der Waals surface area contributed by atoms with Crippen LogP contribution in [0.4, 0.5) is 0 Å². The highest BCUT2D eigenvalue weighted by Gasteiger charge is 2.28. The van der Waals surface area contributed by atoms with Gasteiger partial charge in [0, 0.05) is 0 Å². The molecule has 1 aliphatic rings. The van der Waals surface area contributed by atoms with Gasteiger partial charge >= 0.3 is 0 Å². The van der Waals surface area contributed by atoms with E-state index in [2.05, 4.69) is 23.7 Å². The Hall–Kier alpha value is -1.30. The van der Waals surface area contributed by atoms with Crippen molar-refractivity contribution in [2.45, 2.75) is 24.4 Å². The van der Waals surface area contributed by atoms with E-state index in [0.29, 0.717) is 0 Å². The first kappa shape index (κ1) is 10.8. The van der Waals surface area contributed by atoms with Crippen LogP contribution >= 0.6 is 0 Å². The standard InChI is InChI=1S/C10H10O4/c11-7-5-3-1-2-4-6-8(12)10(14)9(7)13/h1-2,7-14H/b2-1+. The third kappa shape index (κ3) is 2.59. The molecule has 0 fully saturated rings. The maximum absolute atomic E-state index is 9.28. The predicted octanol–water partition coefficient (Wildman–Crippen LogP) is -1.99. The number of aliphatic hydroxyl groups is 4. The zero-order chi connectivity index (χ0) is 10.6. The highest BCUT2D eigenvalue weighted by Crippen LogP contribution is 2.04. The van der Waals surface area contributed by atoms with E-state index in [9.17, 15) is 20.4 Å². The summed E-state index contributed by atoms with van der Waals surface area (Å²) in [5, 5.41) is 37.0. The molecule has 74 valence electrons. The van der Waals surface area contributed by atoms with Crippen molar-refractivity contribution in [2.75, 3.05) is 0 Å². The molecule has 4 atom stereocenters. The first-order chi connectivity index (χ1) is 6.63. The lowest BCUT2D eigenvalue weighted by Gasteiger charge is -2.21. The van der Waals surface area contributed by atoms with E-state index in [1.165, 1.54) is 12.2 Å². The molecule has 0 saturated carbocycles. The number of rotatable bonds is 0. The smallest absolute Gasteiger partial charge is 0.143 e. The summed E-state index contributed by atoms with van der Waals surface area (Å²) < 4.78 is 0. The van der Waals surface area contributed by atoms with Crippen molar-refractivity contribution in [2.24, 2.45) is 0 Å². The van der Waals surface area contributed by atoms with Gasteiger partial charge in [-0.1, -0.05) is 23.7 Å². The van der Waals surface area contributed by atoms with Crippen molar-refractivity contribution in [3.8, 4) is 23.7 Å². The van der Waals surface area contributed by atoms with Crippen LogP contribution in [0.1, 0.15) is 0 Å². The molecular weight excluding hydrogens is 184 g/mol. The van der Waals surface area contributed by atoms with Gasteiger partial charge in [-0.2, -0.15) is 0 Å². The summed E-state index contributed by atoms with van der Waals surface area (Å²) >= 11 is 0. The highest BCUT2D eigenvalue weighted by atomic mass is 16.4. The summed E-state index contributed by atoms with van der Waals surface area (Å²) in [4.78, 5) is 0. The highest BCUT2D eigenvalue weighted by molar-refractivity contribution is 5.28. The Morgan fingerprint density at radius 2 is 1.07 bits per heavy atom. The molecule has 0 bridgehead atoms. The maximum atomic E-state index is 9.28. The van der Waals surface area contributed by atoms with Crippen molar-refractivity contribution in [1.82, 2.24) is 0 Å². The average Bonchev–Trinajstić information content (AvgIpc) is 2.19. The van der Waals surface area contributed by atoms with Gasteiger partial charge in [-0.05, 0) is 12.2 Å². The Labute approximate surface area is 81.5 Å². The van der Waals surface area contributed by atoms with E-state index >= 15 is 0 Å². The molecule has 4 nitrogen and oxygen atoms in total. The average molecular weight is 194 g/mol. The summed E-state index contributed by atoms with van der Waals surface area (Å²) in [6.07, 6.45) is -3.09. The second kappa shape index (κ2) is 4.80. The molecule has 0 aromatic carbocycles. The monoisotopic (exact) mass is 194 g/mol. The Bertz CT molecular complexity index is 305. The van der Waals surface area contributed by atoms with Gasteiger partial charge in [0.2, 0.25) is 0 Å². The molecule has 0 aromatic heterocycles. The van der Waals surface area contributed by atoms with Crippen LogP contribution in [-0.4, -0.2) is 44.8 Å². The summed E-state index contributed by atoms with van der Waals surface area (Å²) in [5.41, 5.74) is 0. The number of hydrogen-bond acceptors (Lipinski definition) is 4. The largest absolute Gasteiger partial charge is 0.387 e. The van der Waals surface area contributed by atoms with Crippen LogP contribution in [0.2, 0.25) is 0 Å². The van der Waals surface area contributed by atoms with Gasteiger partial charge < -0.3 is 20.4 Å². The van der Waals surface area contributed by atoms with Crippen molar-refractivity contribution >= 4 is 0 Å².